The van der Waals surface area contributed by atoms with Crippen LogP contribution in [0.15, 0.2) is 35.1 Å². The van der Waals surface area contributed by atoms with Crippen LogP contribution in [0.3, 0.4) is 0 Å². The zero-order valence-corrected chi connectivity index (χ0v) is 14.5. The lowest BCUT2D eigenvalue weighted by atomic mass is 9.90. The highest BCUT2D eigenvalue weighted by Crippen LogP contribution is 2.18. The molecule has 1 aromatic carbocycles. The Morgan fingerprint density at radius 2 is 2.08 bits per heavy atom. The molecule has 3 rings (SSSR count). The van der Waals surface area contributed by atoms with E-state index < -0.39 is 0 Å². The second-order valence-electron chi connectivity index (χ2n) is 6.60. The van der Waals surface area contributed by atoms with Gasteiger partial charge in [-0.25, -0.2) is 4.98 Å². The molecule has 1 aliphatic rings. The molecule has 1 aliphatic heterocycles. The smallest absolute Gasteiger partial charge is 0.251 e. The number of hydrogen-bond donors (Lipinski definition) is 3. The Kier molecular flexibility index (Phi) is 5.60. The molecule has 2 heterocycles. The van der Waals surface area contributed by atoms with E-state index in [1.165, 1.54) is 24.5 Å². The van der Waals surface area contributed by atoms with E-state index >= 15 is 0 Å². The predicted molar refractivity (Wildman–Crippen MR) is 96.5 cm³/mol. The topological polar surface area (TPSA) is 86.9 Å². The summed E-state index contributed by atoms with van der Waals surface area (Å²) >= 11 is 0. The monoisotopic (exact) mass is 340 g/mol. The van der Waals surface area contributed by atoms with Crippen molar-refractivity contribution in [1.82, 2.24) is 20.6 Å². The van der Waals surface area contributed by atoms with Crippen LogP contribution in [0, 0.1) is 12.8 Å². The van der Waals surface area contributed by atoms with Gasteiger partial charge in [0.15, 0.2) is 0 Å². The minimum absolute atomic E-state index is 0.146. The predicted octanol–water partition coefficient (Wildman–Crippen LogP) is 1.55. The van der Waals surface area contributed by atoms with Crippen LogP contribution in [0.1, 0.15) is 40.3 Å². The summed E-state index contributed by atoms with van der Waals surface area (Å²) in [5.74, 6) is 1.08. The summed E-state index contributed by atoms with van der Waals surface area (Å²) in [7, 11) is 0. The van der Waals surface area contributed by atoms with E-state index in [0.29, 0.717) is 23.0 Å². The molecule has 1 aromatic heterocycles. The number of nitrogens with zero attached hydrogens (tertiary/aromatic N) is 1. The lowest BCUT2D eigenvalue weighted by Crippen LogP contribution is -2.28. The fraction of sp³-hybridized carbons (Fsp3) is 0.421. The van der Waals surface area contributed by atoms with Crippen molar-refractivity contribution < 1.29 is 4.79 Å². The first-order valence-electron chi connectivity index (χ1n) is 8.75. The lowest BCUT2D eigenvalue weighted by molar-refractivity contribution is 0.0950. The molecule has 1 saturated heterocycles. The first-order valence-corrected chi connectivity index (χ1v) is 8.75. The minimum atomic E-state index is -0.208. The molecule has 6 heteroatoms. The minimum Gasteiger partial charge on any atom is -0.346 e. The maximum atomic E-state index is 12.4. The van der Waals surface area contributed by atoms with E-state index in [2.05, 4.69) is 26.7 Å². The van der Waals surface area contributed by atoms with Crippen molar-refractivity contribution in [2.75, 3.05) is 13.1 Å². The number of piperidine rings is 1. The number of aromatic amines is 1. The summed E-state index contributed by atoms with van der Waals surface area (Å²) in [6.07, 6.45) is 3.38. The summed E-state index contributed by atoms with van der Waals surface area (Å²) in [5, 5.41) is 6.21. The standard InChI is InChI=1S/C19H24N4O2/c1-13-22-17(11-18(24)23-13)12-21-19(25)16-4-2-3-15(10-16)9-14-5-7-20-8-6-14/h2-4,10-11,14,20H,5-9,12H2,1H3,(H,21,25)(H,22,23,24). The van der Waals surface area contributed by atoms with Gasteiger partial charge in [0, 0.05) is 11.6 Å². The Morgan fingerprint density at radius 1 is 1.28 bits per heavy atom. The van der Waals surface area contributed by atoms with Crippen LogP contribution < -0.4 is 16.2 Å². The summed E-state index contributed by atoms with van der Waals surface area (Å²) in [6.45, 7) is 4.11. The Balaban J connectivity index is 1.61. The van der Waals surface area contributed by atoms with Crippen molar-refractivity contribution in [3.05, 3.63) is 63.3 Å². The number of nitrogens with one attached hydrogen (secondary N) is 3. The molecule has 1 amide bonds. The van der Waals surface area contributed by atoms with Gasteiger partial charge < -0.3 is 15.6 Å². The average molecular weight is 340 g/mol. The number of benzene rings is 1. The van der Waals surface area contributed by atoms with E-state index in [0.717, 1.165) is 19.5 Å². The maximum Gasteiger partial charge on any atom is 0.251 e. The van der Waals surface area contributed by atoms with Crippen LogP contribution in [0.5, 0.6) is 0 Å². The molecule has 2 aromatic rings. The van der Waals surface area contributed by atoms with E-state index in [1.807, 2.05) is 18.2 Å². The van der Waals surface area contributed by atoms with E-state index in [9.17, 15) is 9.59 Å². The van der Waals surface area contributed by atoms with Crippen LogP contribution in [0.25, 0.3) is 0 Å². The van der Waals surface area contributed by atoms with Crippen molar-refractivity contribution in [1.29, 1.82) is 0 Å². The van der Waals surface area contributed by atoms with E-state index in [4.69, 9.17) is 0 Å². The third-order valence-electron chi connectivity index (χ3n) is 4.52. The molecule has 1 fully saturated rings. The van der Waals surface area contributed by atoms with Crippen molar-refractivity contribution in [2.45, 2.75) is 32.7 Å². The Bertz CT molecular complexity index is 794. The largest absolute Gasteiger partial charge is 0.346 e. The Labute approximate surface area is 147 Å². The SMILES string of the molecule is Cc1nc(CNC(=O)c2cccc(CC3CCNCC3)c2)cc(=O)[nH]1. The third-order valence-corrected chi connectivity index (χ3v) is 4.52. The van der Waals surface area contributed by atoms with Crippen molar-refractivity contribution >= 4 is 5.91 Å². The normalized spacial score (nSPS) is 15.1. The van der Waals surface area contributed by atoms with Crippen LogP contribution in [0.4, 0.5) is 0 Å². The number of carbonyl (C=O) groups excluding carboxylic acids is 1. The van der Waals surface area contributed by atoms with Gasteiger partial charge in [-0.15, -0.1) is 0 Å². The fourth-order valence-electron chi connectivity index (χ4n) is 3.26. The highest BCUT2D eigenvalue weighted by atomic mass is 16.1. The maximum absolute atomic E-state index is 12.4. The first kappa shape index (κ1) is 17.4. The molecular formula is C19H24N4O2. The van der Waals surface area contributed by atoms with Crippen LogP contribution in [-0.2, 0) is 13.0 Å². The van der Waals surface area contributed by atoms with E-state index in [1.54, 1.807) is 6.92 Å². The van der Waals surface area contributed by atoms with Gasteiger partial charge >= 0.3 is 0 Å². The molecule has 6 nitrogen and oxygen atoms in total. The van der Waals surface area contributed by atoms with E-state index in [-0.39, 0.29) is 18.0 Å². The molecule has 25 heavy (non-hydrogen) atoms. The van der Waals surface area contributed by atoms with Gasteiger partial charge in [0.05, 0.1) is 12.2 Å². The molecule has 0 unspecified atom stereocenters. The Morgan fingerprint density at radius 3 is 2.84 bits per heavy atom. The second kappa shape index (κ2) is 8.07. The van der Waals surface area contributed by atoms with Crippen molar-refractivity contribution in [3.63, 3.8) is 0 Å². The summed E-state index contributed by atoms with van der Waals surface area (Å²) in [4.78, 5) is 30.7. The zero-order chi connectivity index (χ0) is 17.6. The number of H-pyrrole nitrogens is 1. The molecule has 0 radical (unpaired) electrons. The number of rotatable bonds is 5. The van der Waals surface area contributed by atoms with Crippen LogP contribution >= 0.6 is 0 Å². The molecule has 3 N–H and O–H groups in total. The highest BCUT2D eigenvalue weighted by molar-refractivity contribution is 5.94. The molecule has 0 aliphatic carbocycles. The molecular weight excluding hydrogens is 316 g/mol. The summed E-state index contributed by atoms with van der Waals surface area (Å²) in [5.41, 5.74) is 2.19. The number of aromatic nitrogens is 2. The molecule has 0 atom stereocenters. The molecule has 0 saturated carbocycles. The quantitative estimate of drug-likeness (QED) is 0.771. The van der Waals surface area contributed by atoms with Gasteiger partial charge in [0.1, 0.15) is 5.82 Å². The Hall–Kier alpha value is -2.47. The number of hydrogen-bond acceptors (Lipinski definition) is 4. The zero-order valence-electron chi connectivity index (χ0n) is 14.5. The van der Waals surface area contributed by atoms with Crippen molar-refractivity contribution in [3.8, 4) is 0 Å². The number of amides is 1. The second-order valence-corrected chi connectivity index (χ2v) is 6.60. The molecule has 0 spiro atoms. The van der Waals surface area contributed by atoms with Gasteiger partial charge in [-0.2, -0.15) is 0 Å². The van der Waals surface area contributed by atoms with Crippen molar-refractivity contribution in [2.24, 2.45) is 5.92 Å². The summed E-state index contributed by atoms with van der Waals surface area (Å²) < 4.78 is 0. The number of aryl methyl sites for hydroxylation is 1. The lowest BCUT2D eigenvalue weighted by Gasteiger charge is -2.22. The van der Waals surface area contributed by atoms with Crippen LogP contribution in [0.2, 0.25) is 0 Å². The van der Waals surface area contributed by atoms with Gasteiger partial charge in [-0.1, -0.05) is 12.1 Å². The fourth-order valence-corrected chi connectivity index (χ4v) is 3.26. The van der Waals surface area contributed by atoms with Gasteiger partial charge in [-0.3, -0.25) is 9.59 Å². The number of carbonyl (C=O) groups is 1. The van der Waals surface area contributed by atoms with Gasteiger partial charge in [0.2, 0.25) is 0 Å². The average Bonchev–Trinajstić information content (AvgIpc) is 2.60. The first-order chi connectivity index (χ1) is 12.1. The van der Waals surface area contributed by atoms with Crippen LogP contribution in [-0.4, -0.2) is 29.0 Å². The van der Waals surface area contributed by atoms with Gasteiger partial charge in [-0.05, 0) is 62.9 Å². The summed E-state index contributed by atoms with van der Waals surface area (Å²) in [6, 6.07) is 9.20. The van der Waals surface area contributed by atoms with Gasteiger partial charge in [0.25, 0.3) is 11.5 Å². The highest BCUT2D eigenvalue weighted by Gasteiger charge is 2.14. The third kappa shape index (κ3) is 5.00. The molecule has 0 bridgehead atoms. The molecule has 132 valence electrons.